The Bertz CT molecular complexity index is 570. The van der Waals surface area contributed by atoms with Gasteiger partial charge in [0.1, 0.15) is 0 Å². The van der Waals surface area contributed by atoms with Gasteiger partial charge in [-0.05, 0) is 36.8 Å². The molecule has 0 aliphatic heterocycles. The molecule has 0 aliphatic carbocycles. The van der Waals surface area contributed by atoms with Crippen LogP contribution in [0.3, 0.4) is 0 Å². The molecule has 0 spiro atoms. The smallest absolute Gasteiger partial charge is 0.0546 e. The topological polar surface area (TPSA) is 26.0 Å². The summed E-state index contributed by atoms with van der Waals surface area (Å²) in [5.74, 6) is 0. The molecule has 2 aromatic carbocycles. The highest BCUT2D eigenvalue weighted by Gasteiger charge is 2.07. The standard InChI is InChI=1S/C14H13Cl2NS/c1-9-2-5-13(10(6-9)8-17)18-14-7-11(15)3-4-12(14)16/h2-7H,8,17H2,1H3. The van der Waals surface area contributed by atoms with E-state index in [0.717, 1.165) is 15.4 Å². The van der Waals surface area contributed by atoms with Crippen LogP contribution in [-0.4, -0.2) is 0 Å². The Morgan fingerprint density at radius 2 is 1.83 bits per heavy atom. The summed E-state index contributed by atoms with van der Waals surface area (Å²) < 4.78 is 0. The molecule has 0 unspecified atom stereocenters. The first-order valence-corrected chi connectivity index (χ1v) is 7.10. The molecular weight excluding hydrogens is 285 g/mol. The summed E-state index contributed by atoms with van der Waals surface area (Å²) in [4.78, 5) is 2.06. The molecular formula is C14H13Cl2NS. The van der Waals surface area contributed by atoms with Gasteiger partial charge < -0.3 is 5.73 Å². The van der Waals surface area contributed by atoms with Crippen LogP contribution in [0.1, 0.15) is 11.1 Å². The zero-order chi connectivity index (χ0) is 13.1. The molecule has 2 N–H and O–H groups in total. The molecule has 0 amide bonds. The zero-order valence-corrected chi connectivity index (χ0v) is 12.2. The van der Waals surface area contributed by atoms with Crippen LogP contribution in [0, 0.1) is 6.92 Å². The lowest BCUT2D eigenvalue weighted by molar-refractivity contribution is 1.02. The number of aryl methyl sites for hydroxylation is 1. The van der Waals surface area contributed by atoms with Crippen molar-refractivity contribution in [1.29, 1.82) is 0 Å². The number of benzene rings is 2. The van der Waals surface area contributed by atoms with Crippen molar-refractivity contribution >= 4 is 35.0 Å². The molecule has 0 aliphatic rings. The lowest BCUT2D eigenvalue weighted by atomic mass is 10.1. The molecule has 2 aromatic rings. The van der Waals surface area contributed by atoms with Crippen molar-refractivity contribution in [2.24, 2.45) is 5.73 Å². The third-order valence-corrected chi connectivity index (χ3v) is 4.40. The third kappa shape index (κ3) is 3.21. The average Bonchev–Trinajstić information content (AvgIpc) is 2.36. The average molecular weight is 298 g/mol. The van der Waals surface area contributed by atoms with Crippen LogP contribution in [-0.2, 0) is 6.54 Å². The second kappa shape index (κ2) is 5.98. The van der Waals surface area contributed by atoms with Gasteiger partial charge in [0, 0.05) is 21.4 Å². The molecule has 0 radical (unpaired) electrons. The van der Waals surface area contributed by atoms with Crippen molar-refractivity contribution in [3.63, 3.8) is 0 Å². The lowest BCUT2D eigenvalue weighted by Gasteiger charge is -2.10. The van der Waals surface area contributed by atoms with Crippen LogP contribution in [0.25, 0.3) is 0 Å². The summed E-state index contributed by atoms with van der Waals surface area (Å²) in [6, 6.07) is 11.7. The zero-order valence-electron chi connectivity index (χ0n) is 9.91. The first-order valence-electron chi connectivity index (χ1n) is 5.52. The van der Waals surface area contributed by atoms with Gasteiger partial charge in [-0.2, -0.15) is 0 Å². The van der Waals surface area contributed by atoms with E-state index in [-0.39, 0.29) is 0 Å². The highest BCUT2D eigenvalue weighted by Crippen LogP contribution is 2.36. The predicted octanol–water partition coefficient (Wildman–Crippen LogP) is 4.91. The van der Waals surface area contributed by atoms with Crippen LogP contribution in [0.15, 0.2) is 46.2 Å². The third-order valence-electron chi connectivity index (χ3n) is 2.55. The fourth-order valence-electron chi connectivity index (χ4n) is 1.64. The first-order chi connectivity index (χ1) is 8.60. The van der Waals surface area contributed by atoms with Gasteiger partial charge in [-0.25, -0.2) is 0 Å². The number of hydrogen-bond donors (Lipinski definition) is 1. The van der Waals surface area contributed by atoms with Crippen molar-refractivity contribution in [2.75, 3.05) is 0 Å². The number of rotatable bonds is 3. The van der Waals surface area contributed by atoms with Crippen molar-refractivity contribution in [3.05, 3.63) is 57.6 Å². The summed E-state index contributed by atoms with van der Waals surface area (Å²) in [6.45, 7) is 2.57. The molecule has 0 atom stereocenters. The van der Waals surface area contributed by atoms with E-state index in [9.17, 15) is 0 Å². The largest absolute Gasteiger partial charge is 0.326 e. The molecule has 0 heterocycles. The Balaban J connectivity index is 2.36. The van der Waals surface area contributed by atoms with Gasteiger partial charge in [0.05, 0.1) is 5.02 Å². The molecule has 18 heavy (non-hydrogen) atoms. The molecule has 2 rings (SSSR count). The Morgan fingerprint density at radius 1 is 1.06 bits per heavy atom. The number of hydrogen-bond acceptors (Lipinski definition) is 2. The lowest BCUT2D eigenvalue weighted by Crippen LogP contribution is -1.98. The van der Waals surface area contributed by atoms with Crippen molar-refractivity contribution in [3.8, 4) is 0 Å². The van der Waals surface area contributed by atoms with E-state index in [4.69, 9.17) is 28.9 Å². The SMILES string of the molecule is Cc1ccc(Sc2cc(Cl)ccc2Cl)c(CN)c1. The predicted molar refractivity (Wildman–Crippen MR) is 79.7 cm³/mol. The maximum absolute atomic E-state index is 6.16. The van der Waals surface area contributed by atoms with Crippen LogP contribution in [0.2, 0.25) is 10.0 Å². The van der Waals surface area contributed by atoms with E-state index in [1.54, 1.807) is 17.8 Å². The van der Waals surface area contributed by atoms with Crippen molar-refractivity contribution < 1.29 is 0 Å². The number of nitrogens with two attached hydrogens (primary N) is 1. The second-order valence-corrected chi connectivity index (χ2v) is 5.92. The molecule has 0 saturated carbocycles. The minimum absolute atomic E-state index is 0.516. The van der Waals surface area contributed by atoms with Crippen molar-refractivity contribution in [1.82, 2.24) is 0 Å². The molecule has 0 fully saturated rings. The Labute approximate surface area is 121 Å². The van der Waals surface area contributed by atoms with E-state index >= 15 is 0 Å². The summed E-state index contributed by atoms with van der Waals surface area (Å²) in [5, 5.41) is 1.39. The van der Waals surface area contributed by atoms with Gasteiger partial charge in [-0.1, -0.05) is 52.7 Å². The molecule has 0 saturated heterocycles. The number of halogens is 2. The quantitative estimate of drug-likeness (QED) is 0.871. The molecule has 0 bridgehead atoms. The summed E-state index contributed by atoms with van der Waals surface area (Å²) in [7, 11) is 0. The maximum atomic E-state index is 6.16. The van der Waals surface area contributed by atoms with E-state index in [1.165, 1.54) is 5.56 Å². The highest BCUT2D eigenvalue weighted by atomic mass is 35.5. The van der Waals surface area contributed by atoms with Gasteiger partial charge in [-0.15, -0.1) is 0 Å². The summed E-state index contributed by atoms with van der Waals surface area (Å²) in [5.41, 5.74) is 8.10. The minimum atomic E-state index is 0.516. The van der Waals surface area contributed by atoms with E-state index in [0.29, 0.717) is 16.6 Å². The van der Waals surface area contributed by atoms with Gasteiger partial charge in [0.15, 0.2) is 0 Å². The van der Waals surface area contributed by atoms with Crippen LogP contribution in [0.4, 0.5) is 0 Å². The monoisotopic (exact) mass is 297 g/mol. The highest BCUT2D eigenvalue weighted by molar-refractivity contribution is 7.99. The second-order valence-electron chi connectivity index (χ2n) is 3.99. The van der Waals surface area contributed by atoms with E-state index in [1.807, 2.05) is 12.1 Å². The summed E-state index contributed by atoms with van der Waals surface area (Å²) in [6.07, 6.45) is 0. The van der Waals surface area contributed by atoms with Crippen LogP contribution in [0.5, 0.6) is 0 Å². The Hall–Kier alpha value is -0.670. The summed E-state index contributed by atoms with van der Waals surface area (Å²) >= 11 is 13.7. The fourth-order valence-corrected chi connectivity index (χ4v) is 3.11. The molecule has 1 nitrogen and oxygen atoms in total. The van der Waals surface area contributed by atoms with Crippen LogP contribution < -0.4 is 5.73 Å². The van der Waals surface area contributed by atoms with Gasteiger partial charge >= 0.3 is 0 Å². The Morgan fingerprint density at radius 3 is 2.56 bits per heavy atom. The fraction of sp³-hybridized carbons (Fsp3) is 0.143. The first kappa shape index (κ1) is 13.8. The molecule has 4 heteroatoms. The molecule has 94 valence electrons. The van der Waals surface area contributed by atoms with Crippen molar-refractivity contribution in [2.45, 2.75) is 23.3 Å². The van der Waals surface area contributed by atoms with Gasteiger partial charge in [0.25, 0.3) is 0 Å². The Kier molecular flexibility index (Phi) is 4.57. The normalized spacial score (nSPS) is 10.7. The van der Waals surface area contributed by atoms with E-state index in [2.05, 4.69) is 25.1 Å². The van der Waals surface area contributed by atoms with Gasteiger partial charge in [0.2, 0.25) is 0 Å². The van der Waals surface area contributed by atoms with Gasteiger partial charge in [-0.3, -0.25) is 0 Å². The van der Waals surface area contributed by atoms with Crippen LogP contribution >= 0.6 is 35.0 Å². The van der Waals surface area contributed by atoms with E-state index < -0.39 is 0 Å². The minimum Gasteiger partial charge on any atom is -0.326 e. The maximum Gasteiger partial charge on any atom is 0.0546 e. The molecule has 0 aromatic heterocycles.